The summed E-state index contributed by atoms with van der Waals surface area (Å²) in [6.07, 6.45) is 0. The summed E-state index contributed by atoms with van der Waals surface area (Å²) >= 11 is 0. The smallest absolute Gasteiger partial charge is 0.166 e. The lowest BCUT2D eigenvalue weighted by Gasteiger charge is -2.13. The first-order valence-electron chi connectivity index (χ1n) is 22.7. The highest BCUT2D eigenvalue weighted by Crippen LogP contribution is 2.45. The molecule has 0 saturated heterocycles. The van der Waals surface area contributed by atoms with E-state index in [9.17, 15) is 0 Å². The molecule has 6 heteroatoms. The third-order valence-electron chi connectivity index (χ3n) is 13.9. The van der Waals surface area contributed by atoms with Gasteiger partial charge in [0.1, 0.15) is 11.2 Å². The SMILES string of the molecule is c1ccc(-n2c3ccccc3c3cccc(-c4nc(-c5ccc(-c6ccc7ccccc7c6)cc5)nc(-c5ccc6c7ccc8oc9cccc%10c%11ccccc%11n(c6c5)c7c8c9%10)n4)c32)cc1. The molecule has 5 heterocycles. The minimum Gasteiger partial charge on any atom is -0.456 e. The Morgan fingerprint density at radius 1 is 0.328 bits per heavy atom. The van der Waals surface area contributed by atoms with Crippen molar-refractivity contribution < 1.29 is 4.42 Å². The number of para-hydroxylation sites is 4. The first kappa shape index (κ1) is 36.2. The largest absolute Gasteiger partial charge is 0.456 e. The number of hydrogen-bond donors (Lipinski definition) is 0. The molecule has 0 aliphatic carbocycles. The molecule has 10 aromatic carbocycles. The van der Waals surface area contributed by atoms with Crippen molar-refractivity contribution in [3.8, 4) is 51.0 Å². The lowest BCUT2D eigenvalue weighted by atomic mass is 10.00. The van der Waals surface area contributed by atoms with Gasteiger partial charge in [-0.3, -0.25) is 0 Å². The minimum atomic E-state index is 0.596. The lowest BCUT2D eigenvalue weighted by molar-refractivity contribution is 0.669. The van der Waals surface area contributed by atoms with E-state index in [1.165, 1.54) is 26.9 Å². The van der Waals surface area contributed by atoms with Crippen molar-refractivity contribution in [1.82, 2.24) is 23.9 Å². The fourth-order valence-corrected chi connectivity index (χ4v) is 10.9. The standard InChI is InChI=1S/C61H35N5O/c1-2-14-42(15-3-1)65-50-21-8-7-17-44(50)47-19-10-20-49(57(47)65)61-63-59(38-27-24-37(25-28-38)40-29-26-36-12-4-5-13-39(36)34-40)62-60(64-61)41-30-31-45-48-32-33-54-56-55-46(18-11-23-53(55)67-54)43-16-6-9-22-51(43)66(58(48)56)52(45)35-41/h1-35H. The van der Waals surface area contributed by atoms with Gasteiger partial charge in [0, 0.05) is 54.7 Å². The van der Waals surface area contributed by atoms with E-state index in [4.69, 9.17) is 19.4 Å². The normalized spacial score (nSPS) is 12.2. The van der Waals surface area contributed by atoms with Crippen LogP contribution in [-0.4, -0.2) is 23.9 Å². The van der Waals surface area contributed by atoms with Crippen LogP contribution in [0.3, 0.4) is 0 Å². The molecule has 0 radical (unpaired) electrons. The molecule has 6 nitrogen and oxygen atoms in total. The summed E-state index contributed by atoms with van der Waals surface area (Å²) in [5.41, 5.74) is 13.4. The van der Waals surface area contributed by atoms with Crippen molar-refractivity contribution in [2.75, 3.05) is 0 Å². The van der Waals surface area contributed by atoms with Crippen LogP contribution in [0, 0.1) is 0 Å². The van der Waals surface area contributed by atoms with Crippen molar-refractivity contribution >= 4 is 92.6 Å². The number of benzene rings is 10. The van der Waals surface area contributed by atoms with Crippen LogP contribution in [-0.2, 0) is 0 Å². The average molecular weight is 854 g/mol. The second kappa shape index (κ2) is 13.7. The molecule has 0 spiro atoms. The van der Waals surface area contributed by atoms with Crippen LogP contribution in [0.15, 0.2) is 217 Å². The molecule has 5 aromatic heterocycles. The molecule has 0 amide bonds. The van der Waals surface area contributed by atoms with Gasteiger partial charge in [-0.05, 0) is 87.9 Å². The van der Waals surface area contributed by atoms with Gasteiger partial charge < -0.3 is 13.4 Å². The van der Waals surface area contributed by atoms with Gasteiger partial charge in [0.15, 0.2) is 17.5 Å². The van der Waals surface area contributed by atoms with Crippen LogP contribution < -0.4 is 0 Å². The third kappa shape index (κ3) is 5.23. The number of fused-ring (bicyclic) bond motifs is 10. The van der Waals surface area contributed by atoms with Crippen LogP contribution in [0.4, 0.5) is 0 Å². The summed E-state index contributed by atoms with van der Waals surface area (Å²) in [5.74, 6) is 1.80. The Hall–Kier alpha value is -9.13. The number of hydrogen-bond acceptors (Lipinski definition) is 4. The molecular weight excluding hydrogens is 819 g/mol. The number of furan rings is 1. The maximum Gasteiger partial charge on any atom is 0.166 e. The van der Waals surface area contributed by atoms with Crippen molar-refractivity contribution in [3.05, 3.63) is 212 Å². The Balaban J connectivity index is 0.994. The van der Waals surface area contributed by atoms with E-state index in [-0.39, 0.29) is 0 Å². The van der Waals surface area contributed by atoms with Crippen LogP contribution in [0.1, 0.15) is 0 Å². The van der Waals surface area contributed by atoms with Crippen LogP contribution in [0.2, 0.25) is 0 Å². The highest BCUT2D eigenvalue weighted by molar-refractivity contribution is 6.31. The first-order chi connectivity index (χ1) is 33.2. The van der Waals surface area contributed by atoms with Gasteiger partial charge in [-0.25, -0.2) is 15.0 Å². The lowest BCUT2D eigenvalue weighted by Crippen LogP contribution is -2.02. The Morgan fingerprint density at radius 2 is 0.925 bits per heavy atom. The minimum absolute atomic E-state index is 0.596. The molecule has 0 aliphatic rings. The number of aromatic nitrogens is 5. The van der Waals surface area contributed by atoms with E-state index in [0.717, 1.165) is 99.2 Å². The highest BCUT2D eigenvalue weighted by atomic mass is 16.3. The quantitative estimate of drug-likeness (QED) is 0.173. The Kier molecular flexibility index (Phi) is 7.40. The van der Waals surface area contributed by atoms with E-state index >= 15 is 0 Å². The molecule has 0 fully saturated rings. The Morgan fingerprint density at radius 3 is 1.79 bits per heavy atom. The van der Waals surface area contributed by atoms with E-state index < -0.39 is 0 Å². The molecule has 67 heavy (non-hydrogen) atoms. The zero-order valence-corrected chi connectivity index (χ0v) is 35.9. The summed E-state index contributed by atoms with van der Waals surface area (Å²) < 4.78 is 11.3. The highest BCUT2D eigenvalue weighted by Gasteiger charge is 2.24. The topological polar surface area (TPSA) is 61.2 Å². The maximum atomic E-state index is 6.54. The zero-order chi connectivity index (χ0) is 43.7. The molecule has 0 atom stereocenters. The fraction of sp³-hybridized carbons (Fsp3) is 0. The van der Waals surface area contributed by atoms with Crippen molar-refractivity contribution in [1.29, 1.82) is 0 Å². The molecule has 310 valence electrons. The summed E-state index contributed by atoms with van der Waals surface area (Å²) in [4.78, 5) is 16.2. The van der Waals surface area contributed by atoms with E-state index in [2.05, 4.69) is 221 Å². The number of nitrogens with zero attached hydrogens (tertiary/aromatic N) is 5. The summed E-state index contributed by atoms with van der Waals surface area (Å²) in [6.45, 7) is 0. The molecule has 15 rings (SSSR count). The molecule has 0 unspecified atom stereocenters. The summed E-state index contributed by atoms with van der Waals surface area (Å²) in [7, 11) is 0. The maximum absolute atomic E-state index is 6.54. The van der Waals surface area contributed by atoms with Crippen molar-refractivity contribution in [2.24, 2.45) is 0 Å². The Labute approximate surface area is 382 Å². The summed E-state index contributed by atoms with van der Waals surface area (Å²) in [5, 5.41) is 11.7. The van der Waals surface area contributed by atoms with Crippen LogP contribution in [0.5, 0.6) is 0 Å². The van der Waals surface area contributed by atoms with E-state index in [0.29, 0.717) is 17.5 Å². The molecule has 0 N–H and O–H groups in total. The number of rotatable bonds is 5. The van der Waals surface area contributed by atoms with Crippen LogP contribution in [0.25, 0.3) is 144 Å². The van der Waals surface area contributed by atoms with Gasteiger partial charge in [0.2, 0.25) is 0 Å². The molecule has 0 bridgehead atoms. The van der Waals surface area contributed by atoms with E-state index in [1.807, 2.05) is 0 Å². The van der Waals surface area contributed by atoms with Crippen molar-refractivity contribution in [2.45, 2.75) is 0 Å². The predicted molar refractivity (Wildman–Crippen MR) is 275 cm³/mol. The zero-order valence-electron chi connectivity index (χ0n) is 35.9. The molecule has 0 aliphatic heterocycles. The molecular formula is C61H35N5O. The van der Waals surface area contributed by atoms with Gasteiger partial charge in [0.25, 0.3) is 0 Å². The third-order valence-corrected chi connectivity index (χ3v) is 13.9. The monoisotopic (exact) mass is 853 g/mol. The second-order valence-electron chi connectivity index (χ2n) is 17.5. The first-order valence-corrected chi connectivity index (χ1v) is 22.7. The van der Waals surface area contributed by atoms with Crippen molar-refractivity contribution in [3.63, 3.8) is 0 Å². The van der Waals surface area contributed by atoms with Gasteiger partial charge in [0.05, 0.1) is 33.0 Å². The average Bonchev–Trinajstić information content (AvgIpc) is 4.03. The molecule has 0 saturated carbocycles. The second-order valence-corrected chi connectivity index (χ2v) is 17.5. The van der Waals surface area contributed by atoms with Gasteiger partial charge in [-0.2, -0.15) is 0 Å². The Bertz CT molecular complexity index is 4500. The van der Waals surface area contributed by atoms with Gasteiger partial charge in [-0.15, -0.1) is 0 Å². The summed E-state index contributed by atoms with van der Waals surface area (Å²) in [6, 6.07) is 75.5. The fourth-order valence-electron chi connectivity index (χ4n) is 10.9. The van der Waals surface area contributed by atoms with Gasteiger partial charge >= 0.3 is 0 Å². The van der Waals surface area contributed by atoms with Gasteiger partial charge in [-0.1, -0.05) is 152 Å². The molecule has 15 aromatic rings. The predicted octanol–water partition coefficient (Wildman–Crippen LogP) is 15.8. The van der Waals surface area contributed by atoms with E-state index in [1.54, 1.807) is 0 Å². The van der Waals surface area contributed by atoms with Crippen LogP contribution >= 0.6 is 0 Å².